The monoisotopic (exact) mass is 197 g/mol. The molecule has 1 amide bonds. The van der Waals surface area contributed by atoms with Crippen LogP contribution in [0.5, 0.6) is 0 Å². The predicted octanol–water partition coefficient (Wildman–Crippen LogP) is 1.13. The third-order valence-corrected chi connectivity index (χ3v) is 1.93. The van der Waals surface area contributed by atoms with E-state index < -0.39 is 0 Å². The average molecular weight is 197 g/mol. The highest BCUT2D eigenvalue weighted by molar-refractivity contribution is 5.92. The van der Waals surface area contributed by atoms with Crippen molar-refractivity contribution in [3.05, 3.63) is 12.0 Å². The van der Waals surface area contributed by atoms with Gasteiger partial charge in [0.2, 0.25) is 0 Å². The lowest BCUT2D eigenvalue weighted by molar-refractivity contribution is 0.0787. The number of amides is 1. The van der Waals surface area contributed by atoms with Crippen LogP contribution in [0.15, 0.2) is 10.7 Å². The number of anilines is 1. The van der Waals surface area contributed by atoms with E-state index in [0.29, 0.717) is 0 Å². The van der Waals surface area contributed by atoms with Gasteiger partial charge in [-0.05, 0) is 6.42 Å². The van der Waals surface area contributed by atoms with Crippen molar-refractivity contribution in [1.29, 1.82) is 0 Å². The number of nitrogens with zero attached hydrogens (tertiary/aromatic N) is 2. The number of carbonyl (C=O) groups is 1. The van der Waals surface area contributed by atoms with Crippen LogP contribution >= 0.6 is 0 Å². The zero-order chi connectivity index (χ0) is 10.6. The first-order valence-electron chi connectivity index (χ1n) is 4.61. The first-order valence-corrected chi connectivity index (χ1v) is 4.61. The molecule has 0 saturated heterocycles. The molecule has 0 aromatic carbocycles. The molecule has 0 unspecified atom stereocenters. The molecule has 0 aliphatic rings. The number of nitrogen functional groups attached to an aromatic ring is 1. The van der Waals surface area contributed by atoms with Gasteiger partial charge in [-0.2, -0.15) is 4.98 Å². The van der Waals surface area contributed by atoms with E-state index in [0.717, 1.165) is 19.4 Å². The van der Waals surface area contributed by atoms with E-state index in [9.17, 15) is 4.79 Å². The normalized spacial score (nSPS) is 10.1. The predicted molar refractivity (Wildman–Crippen MR) is 52.8 cm³/mol. The van der Waals surface area contributed by atoms with Crippen LogP contribution in [0.3, 0.4) is 0 Å². The Bertz CT molecular complexity index is 309. The summed E-state index contributed by atoms with van der Waals surface area (Å²) >= 11 is 0. The van der Waals surface area contributed by atoms with E-state index >= 15 is 0 Å². The molecule has 0 aliphatic carbocycles. The van der Waals surface area contributed by atoms with Gasteiger partial charge in [0.05, 0.1) is 0 Å². The summed E-state index contributed by atoms with van der Waals surface area (Å²) in [5, 5.41) is 0. The fraction of sp³-hybridized carbons (Fsp3) is 0.556. The van der Waals surface area contributed by atoms with Gasteiger partial charge in [-0.1, -0.05) is 13.3 Å². The highest BCUT2D eigenvalue weighted by Crippen LogP contribution is 2.06. The molecule has 1 heterocycles. The lowest BCUT2D eigenvalue weighted by atomic mass is 10.3. The second-order valence-electron chi connectivity index (χ2n) is 3.15. The molecule has 0 fully saturated rings. The van der Waals surface area contributed by atoms with E-state index in [-0.39, 0.29) is 17.6 Å². The second-order valence-corrected chi connectivity index (χ2v) is 3.15. The molecule has 78 valence electrons. The van der Waals surface area contributed by atoms with Crippen molar-refractivity contribution in [1.82, 2.24) is 9.88 Å². The Morgan fingerprint density at radius 2 is 2.43 bits per heavy atom. The maximum atomic E-state index is 11.6. The summed E-state index contributed by atoms with van der Waals surface area (Å²) < 4.78 is 4.76. The summed E-state index contributed by atoms with van der Waals surface area (Å²) in [7, 11) is 1.74. The fourth-order valence-electron chi connectivity index (χ4n) is 1.08. The number of hydrogen-bond donors (Lipinski definition) is 1. The topological polar surface area (TPSA) is 72.4 Å². The second kappa shape index (κ2) is 4.64. The molecule has 0 radical (unpaired) electrons. The lowest BCUT2D eigenvalue weighted by Crippen LogP contribution is -2.27. The van der Waals surface area contributed by atoms with Crippen LogP contribution in [0.1, 0.15) is 30.3 Å². The number of aromatic nitrogens is 1. The molecule has 14 heavy (non-hydrogen) atoms. The maximum absolute atomic E-state index is 11.6. The number of hydrogen-bond acceptors (Lipinski definition) is 4. The Balaban J connectivity index is 2.56. The van der Waals surface area contributed by atoms with Crippen molar-refractivity contribution in [2.45, 2.75) is 19.8 Å². The smallest absolute Gasteiger partial charge is 0.292 e. The van der Waals surface area contributed by atoms with Crippen molar-refractivity contribution >= 4 is 11.9 Å². The SMILES string of the molecule is CCCCN(C)C(=O)c1coc(N)n1. The Morgan fingerprint density at radius 1 is 1.71 bits per heavy atom. The highest BCUT2D eigenvalue weighted by Gasteiger charge is 2.14. The number of unbranched alkanes of at least 4 members (excludes halogenated alkanes) is 1. The molecule has 5 heteroatoms. The third-order valence-electron chi connectivity index (χ3n) is 1.93. The van der Waals surface area contributed by atoms with Gasteiger partial charge in [-0.15, -0.1) is 0 Å². The van der Waals surface area contributed by atoms with Gasteiger partial charge < -0.3 is 15.1 Å². The minimum Gasteiger partial charge on any atom is -0.431 e. The largest absolute Gasteiger partial charge is 0.431 e. The summed E-state index contributed by atoms with van der Waals surface area (Å²) in [5.74, 6) is -0.154. The molecule has 0 aliphatic heterocycles. The van der Waals surface area contributed by atoms with Gasteiger partial charge >= 0.3 is 0 Å². The van der Waals surface area contributed by atoms with Crippen LogP contribution in [0.4, 0.5) is 6.01 Å². The van der Waals surface area contributed by atoms with Gasteiger partial charge in [-0.3, -0.25) is 4.79 Å². The number of nitrogens with two attached hydrogens (primary N) is 1. The van der Waals surface area contributed by atoms with Crippen LogP contribution in [-0.4, -0.2) is 29.4 Å². The zero-order valence-electron chi connectivity index (χ0n) is 8.49. The van der Waals surface area contributed by atoms with Gasteiger partial charge in [0, 0.05) is 13.6 Å². The van der Waals surface area contributed by atoms with E-state index in [4.69, 9.17) is 10.2 Å². The van der Waals surface area contributed by atoms with Crippen molar-refractivity contribution in [3.8, 4) is 0 Å². The molecule has 0 bridgehead atoms. The number of carbonyl (C=O) groups excluding carboxylic acids is 1. The van der Waals surface area contributed by atoms with Crippen LogP contribution < -0.4 is 5.73 Å². The van der Waals surface area contributed by atoms with E-state index in [1.807, 2.05) is 0 Å². The molecule has 0 atom stereocenters. The minimum absolute atomic E-state index is 0.0252. The Labute approximate surface area is 82.9 Å². The van der Waals surface area contributed by atoms with Crippen molar-refractivity contribution in [2.75, 3.05) is 19.3 Å². The van der Waals surface area contributed by atoms with E-state index in [2.05, 4.69) is 11.9 Å². The summed E-state index contributed by atoms with van der Waals surface area (Å²) in [4.78, 5) is 17.0. The van der Waals surface area contributed by atoms with Crippen molar-refractivity contribution < 1.29 is 9.21 Å². The summed E-state index contributed by atoms with van der Waals surface area (Å²) in [5.41, 5.74) is 5.53. The lowest BCUT2D eigenvalue weighted by Gasteiger charge is -2.14. The standard InChI is InChI=1S/C9H15N3O2/c1-3-4-5-12(2)8(13)7-6-14-9(10)11-7/h6H,3-5H2,1-2H3,(H2,10,11). The van der Waals surface area contributed by atoms with Crippen LogP contribution in [-0.2, 0) is 0 Å². The first kappa shape index (κ1) is 10.6. The summed E-state index contributed by atoms with van der Waals surface area (Å²) in [6.45, 7) is 2.80. The van der Waals surface area contributed by atoms with Gasteiger partial charge in [0.1, 0.15) is 6.26 Å². The number of oxazole rings is 1. The van der Waals surface area contributed by atoms with Crippen LogP contribution in [0, 0.1) is 0 Å². The Kier molecular flexibility index (Phi) is 3.50. The quantitative estimate of drug-likeness (QED) is 0.785. The van der Waals surface area contributed by atoms with E-state index in [1.165, 1.54) is 6.26 Å². The number of rotatable bonds is 4. The molecule has 1 aromatic heterocycles. The zero-order valence-corrected chi connectivity index (χ0v) is 8.49. The van der Waals surface area contributed by atoms with Crippen LogP contribution in [0.2, 0.25) is 0 Å². The molecule has 5 nitrogen and oxygen atoms in total. The Hall–Kier alpha value is -1.52. The maximum Gasteiger partial charge on any atom is 0.292 e. The van der Waals surface area contributed by atoms with Gasteiger partial charge in [-0.25, -0.2) is 0 Å². The third kappa shape index (κ3) is 2.48. The minimum atomic E-state index is -0.154. The summed E-state index contributed by atoms with van der Waals surface area (Å²) in [6.07, 6.45) is 3.31. The first-order chi connectivity index (χ1) is 6.65. The molecule has 1 aromatic rings. The molecule has 0 saturated carbocycles. The average Bonchev–Trinajstić information content (AvgIpc) is 2.60. The molecular weight excluding hydrogens is 182 g/mol. The molecule has 1 rings (SSSR count). The van der Waals surface area contributed by atoms with Gasteiger partial charge in [0.25, 0.3) is 11.9 Å². The molecule has 0 spiro atoms. The van der Waals surface area contributed by atoms with Gasteiger partial charge in [0.15, 0.2) is 5.69 Å². The van der Waals surface area contributed by atoms with Crippen LogP contribution in [0.25, 0.3) is 0 Å². The summed E-state index contributed by atoms with van der Waals surface area (Å²) in [6, 6.07) is 0.0252. The van der Waals surface area contributed by atoms with E-state index in [1.54, 1.807) is 11.9 Å². The fourth-order valence-corrected chi connectivity index (χ4v) is 1.08. The van der Waals surface area contributed by atoms with Crippen molar-refractivity contribution in [2.24, 2.45) is 0 Å². The van der Waals surface area contributed by atoms with Crippen molar-refractivity contribution in [3.63, 3.8) is 0 Å². The Morgan fingerprint density at radius 3 is 2.93 bits per heavy atom. The molecule has 2 N–H and O–H groups in total. The molecular formula is C9H15N3O2. The highest BCUT2D eigenvalue weighted by atomic mass is 16.4.